The van der Waals surface area contributed by atoms with Crippen LogP contribution in [0.1, 0.15) is 11.1 Å². The molecule has 0 aliphatic carbocycles. The first-order valence-corrected chi connectivity index (χ1v) is 6.69. The van der Waals surface area contributed by atoms with Crippen molar-refractivity contribution in [1.82, 2.24) is 4.90 Å². The minimum Gasteiger partial charge on any atom is -0.383 e. The molecule has 0 atom stereocenters. The van der Waals surface area contributed by atoms with Gasteiger partial charge in [0, 0.05) is 39.8 Å². The Bertz CT molecular complexity index is 536. The van der Waals surface area contributed by atoms with Gasteiger partial charge in [0.15, 0.2) is 0 Å². The van der Waals surface area contributed by atoms with Crippen LogP contribution in [0.2, 0.25) is 0 Å². The zero-order chi connectivity index (χ0) is 14.4. The molecule has 2 rings (SSSR count). The van der Waals surface area contributed by atoms with Gasteiger partial charge >= 0.3 is 0 Å². The summed E-state index contributed by atoms with van der Waals surface area (Å²) in [5.74, 6) is 0. The fraction of sp³-hybridized carbons (Fsp3) is 0.467. The van der Waals surface area contributed by atoms with Gasteiger partial charge in [0.05, 0.1) is 23.4 Å². The SMILES string of the molecule is COCCN1CCN(c2cccc(C#N)c2C#N)CC1. The standard InChI is InChI=1S/C15H18N4O/c1-20-10-9-18-5-7-19(8-6-18)15-4-2-3-13(11-16)14(15)12-17/h2-4H,5-10H2,1H3. The number of methoxy groups -OCH3 is 1. The molecule has 1 fully saturated rings. The molecule has 0 amide bonds. The summed E-state index contributed by atoms with van der Waals surface area (Å²) in [6, 6.07) is 9.70. The van der Waals surface area contributed by atoms with E-state index in [4.69, 9.17) is 10.00 Å². The van der Waals surface area contributed by atoms with E-state index in [1.165, 1.54) is 0 Å². The molecule has 1 aliphatic rings. The average molecular weight is 270 g/mol. The number of ether oxygens (including phenoxy) is 1. The van der Waals surface area contributed by atoms with Crippen molar-refractivity contribution in [2.75, 3.05) is 51.3 Å². The van der Waals surface area contributed by atoms with E-state index >= 15 is 0 Å². The molecule has 0 saturated carbocycles. The van der Waals surface area contributed by atoms with Crippen LogP contribution in [-0.2, 0) is 4.74 Å². The Morgan fingerprint density at radius 3 is 2.50 bits per heavy atom. The van der Waals surface area contributed by atoms with Gasteiger partial charge < -0.3 is 9.64 Å². The number of piperazine rings is 1. The molecule has 5 heteroatoms. The van der Waals surface area contributed by atoms with Gasteiger partial charge in [0.1, 0.15) is 12.1 Å². The zero-order valence-corrected chi connectivity index (χ0v) is 11.7. The van der Waals surface area contributed by atoms with E-state index in [-0.39, 0.29) is 0 Å². The summed E-state index contributed by atoms with van der Waals surface area (Å²) in [5.41, 5.74) is 1.81. The average Bonchev–Trinajstić information content (AvgIpc) is 2.52. The topological polar surface area (TPSA) is 63.3 Å². The van der Waals surface area contributed by atoms with E-state index in [0.29, 0.717) is 11.1 Å². The Morgan fingerprint density at radius 2 is 1.90 bits per heavy atom. The highest BCUT2D eigenvalue weighted by Crippen LogP contribution is 2.24. The Kier molecular flexibility index (Phi) is 4.95. The zero-order valence-electron chi connectivity index (χ0n) is 11.7. The van der Waals surface area contributed by atoms with E-state index in [2.05, 4.69) is 21.9 Å². The predicted octanol–water partition coefficient (Wildman–Crippen LogP) is 1.20. The number of nitrogens with zero attached hydrogens (tertiary/aromatic N) is 4. The van der Waals surface area contributed by atoms with E-state index in [0.717, 1.165) is 45.0 Å². The number of rotatable bonds is 4. The summed E-state index contributed by atoms with van der Waals surface area (Å²) in [6.45, 7) is 5.32. The van der Waals surface area contributed by atoms with Crippen LogP contribution in [0.15, 0.2) is 18.2 Å². The van der Waals surface area contributed by atoms with Crippen molar-refractivity contribution in [1.29, 1.82) is 10.5 Å². The first kappa shape index (κ1) is 14.3. The predicted molar refractivity (Wildman–Crippen MR) is 76.4 cm³/mol. The lowest BCUT2D eigenvalue weighted by atomic mass is 10.1. The summed E-state index contributed by atoms with van der Waals surface area (Å²) < 4.78 is 5.09. The summed E-state index contributed by atoms with van der Waals surface area (Å²) >= 11 is 0. The largest absolute Gasteiger partial charge is 0.383 e. The van der Waals surface area contributed by atoms with Crippen molar-refractivity contribution >= 4 is 5.69 Å². The highest BCUT2D eigenvalue weighted by Gasteiger charge is 2.20. The first-order chi connectivity index (χ1) is 9.80. The molecule has 1 aliphatic heterocycles. The number of benzene rings is 1. The molecule has 0 bridgehead atoms. The van der Waals surface area contributed by atoms with Gasteiger partial charge in [-0.1, -0.05) is 6.07 Å². The van der Waals surface area contributed by atoms with Gasteiger partial charge in [0.25, 0.3) is 0 Å². The smallest absolute Gasteiger partial charge is 0.103 e. The van der Waals surface area contributed by atoms with E-state index in [9.17, 15) is 5.26 Å². The van der Waals surface area contributed by atoms with E-state index < -0.39 is 0 Å². The molecule has 0 spiro atoms. The minimum atomic E-state index is 0.451. The third-order valence-corrected chi connectivity index (χ3v) is 3.60. The van der Waals surface area contributed by atoms with Crippen LogP contribution < -0.4 is 4.90 Å². The van der Waals surface area contributed by atoms with Crippen LogP contribution in [0.25, 0.3) is 0 Å². The molecule has 104 valence electrons. The second kappa shape index (κ2) is 6.91. The normalized spacial score (nSPS) is 15.7. The lowest BCUT2D eigenvalue weighted by molar-refractivity contribution is 0.144. The second-order valence-electron chi connectivity index (χ2n) is 4.74. The van der Waals surface area contributed by atoms with Crippen LogP contribution >= 0.6 is 0 Å². The van der Waals surface area contributed by atoms with Crippen molar-refractivity contribution in [3.8, 4) is 12.1 Å². The summed E-state index contributed by atoms with van der Waals surface area (Å²) in [7, 11) is 1.71. The van der Waals surface area contributed by atoms with Crippen molar-refractivity contribution in [2.45, 2.75) is 0 Å². The molecule has 1 aromatic carbocycles. The molecule has 5 nitrogen and oxygen atoms in total. The highest BCUT2D eigenvalue weighted by molar-refractivity contribution is 5.65. The molecule has 1 aromatic rings. The monoisotopic (exact) mass is 270 g/mol. The molecule has 0 N–H and O–H groups in total. The molecule has 1 heterocycles. The summed E-state index contributed by atoms with van der Waals surface area (Å²) in [6.07, 6.45) is 0. The number of hydrogen-bond acceptors (Lipinski definition) is 5. The molecule has 1 saturated heterocycles. The second-order valence-corrected chi connectivity index (χ2v) is 4.74. The molecule has 0 aromatic heterocycles. The van der Waals surface area contributed by atoms with Gasteiger partial charge in [-0.05, 0) is 12.1 Å². The lowest BCUT2D eigenvalue weighted by Crippen LogP contribution is -2.47. The molecular weight excluding hydrogens is 252 g/mol. The third-order valence-electron chi connectivity index (χ3n) is 3.60. The van der Waals surface area contributed by atoms with Crippen LogP contribution in [0.5, 0.6) is 0 Å². The third kappa shape index (κ3) is 3.08. The molecule has 0 unspecified atom stereocenters. The van der Waals surface area contributed by atoms with Gasteiger partial charge in [-0.25, -0.2) is 0 Å². The number of anilines is 1. The van der Waals surface area contributed by atoms with Crippen LogP contribution in [0.4, 0.5) is 5.69 Å². The van der Waals surface area contributed by atoms with Gasteiger partial charge in [0.2, 0.25) is 0 Å². The maximum Gasteiger partial charge on any atom is 0.103 e. The van der Waals surface area contributed by atoms with E-state index in [1.807, 2.05) is 12.1 Å². The molecule has 20 heavy (non-hydrogen) atoms. The van der Waals surface area contributed by atoms with Gasteiger partial charge in [-0.15, -0.1) is 0 Å². The number of nitriles is 2. The Labute approximate surface area is 119 Å². The lowest BCUT2D eigenvalue weighted by Gasteiger charge is -2.36. The fourth-order valence-electron chi connectivity index (χ4n) is 2.45. The Morgan fingerprint density at radius 1 is 1.15 bits per heavy atom. The fourth-order valence-corrected chi connectivity index (χ4v) is 2.45. The van der Waals surface area contributed by atoms with Crippen molar-refractivity contribution in [3.05, 3.63) is 29.3 Å². The van der Waals surface area contributed by atoms with Crippen molar-refractivity contribution in [2.24, 2.45) is 0 Å². The highest BCUT2D eigenvalue weighted by atomic mass is 16.5. The Balaban J connectivity index is 2.08. The van der Waals surface area contributed by atoms with Crippen LogP contribution in [-0.4, -0.2) is 51.3 Å². The minimum absolute atomic E-state index is 0.451. The molecule has 0 radical (unpaired) electrons. The summed E-state index contributed by atoms with van der Waals surface area (Å²) in [5, 5.41) is 18.3. The quantitative estimate of drug-likeness (QED) is 0.822. The Hall–Kier alpha value is -2.08. The maximum absolute atomic E-state index is 9.27. The van der Waals surface area contributed by atoms with Crippen LogP contribution in [0, 0.1) is 22.7 Å². The van der Waals surface area contributed by atoms with Crippen molar-refractivity contribution < 1.29 is 4.74 Å². The van der Waals surface area contributed by atoms with Crippen LogP contribution in [0.3, 0.4) is 0 Å². The van der Waals surface area contributed by atoms with Gasteiger partial charge in [-0.2, -0.15) is 10.5 Å². The van der Waals surface area contributed by atoms with Crippen molar-refractivity contribution in [3.63, 3.8) is 0 Å². The number of hydrogen-bond donors (Lipinski definition) is 0. The summed E-state index contributed by atoms with van der Waals surface area (Å²) in [4.78, 5) is 4.53. The maximum atomic E-state index is 9.27. The molecular formula is C15H18N4O. The van der Waals surface area contributed by atoms with Gasteiger partial charge in [-0.3, -0.25) is 4.90 Å². The van der Waals surface area contributed by atoms with E-state index in [1.54, 1.807) is 13.2 Å². The first-order valence-electron chi connectivity index (χ1n) is 6.69.